The number of hydrogen-bond donors (Lipinski definition) is 1. The standard InChI is InChI=1S/C10H21N3/c1-5-9(6-2)10(7-3,8-4)12-13-11-9/h5-8H2,1-4H3,(H,11,12). The molecule has 13 heavy (non-hydrogen) atoms. The van der Waals surface area contributed by atoms with E-state index in [-0.39, 0.29) is 11.1 Å². The molecule has 1 aliphatic rings. The summed E-state index contributed by atoms with van der Waals surface area (Å²) in [6, 6.07) is 0. The van der Waals surface area contributed by atoms with Gasteiger partial charge in [0.15, 0.2) is 0 Å². The van der Waals surface area contributed by atoms with Gasteiger partial charge >= 0.3 is 0 Å². The fraction of sp³-hybridized carbons (Fsp3) is 1.00. The molecule has 0 aromatic rings. The monoisotopic (exact) mass is 183 g/mol. The Labute approximate surface area is 81.0 Å². The van der Waals surface area contributed by atoms with Crippen LogP contribution in [0.3, 0.4) is 0 Å². The lowest BCUT2D eigenvalue weighted by Crippen LogP contribution is -2.55. The summed E-state index contributed by atoms with van der Waals surface area (Å²) in [4.78, 5) is 0. The summed E-state index contributed by atoms with van der Waals surface area (Å²) in [7, 11) is 0. The van der Waals surface area contributed by atoms with E-state index in [2.05, 4.69) is 43.5 Å². The van der Waals surface area contributed by atoms with Crippen molar-refractivity contribution >= 4 is 0 Å². The second kappa shape index (κ2) is 3.64. The van der Waals surface area contributed by atoms with Gasteiger partial charge in [0.05, 0.1) is 5.54 Å². The zero-order valence-corrected chi connectivity index (χ0v) is 9.22. The predicted octanol–water partition coefficient (Wildman–Crippen LogP) is 3.07. The number of nitrogens with one attached hydrogen (secondary N) is 1. The molecule has 3 heteroatoms. The van der Waals surface area contributed by atoms with E-state index >= 15 is 0 Å². The topological polar surface area (TPSA) is 36.8 Å². The van der Waals surface area contributed by atoms with E-state index in [1.807, 2.05) is 0 Å². The van der Waals surface area contributed by atoms with Crippen LogP contribution in [-0.4, -0.2) is 11.1 Å². The van der Waals surface area contributed by atoms with Crippen LogP contribution in [0.4, 0.5) is 0 Å². The van der Waals surface area contributed by atoms with Gasteiger partial charge in [-0.15, -0.1) is 0 Å². The van der Waals surface area contributed by atoms with Crippen molar-refractivity contribution in [3.8, 4) is 0 Å². The Hall–Kier alpha value is -0.600. The van der Waals surface area contributed by atoms with Gasteiger partial charge in [0.2, 0.25) is 0 Å². The molecule has 0 bridgehead atoms. The molecule has 0 aromatic carbocycles. The van der Waals surface area contributed by atoms with Gasteiger partial charge in [0.25, 0.3) is 0 Å². The molecule has 0 aliphatic carbocycles. The van der Waals surface area contributed by atoms with Crippen LogP contribution < -0.4 is 5.43 Å². The minimum Gasteiger partial charge on any atom is -0.283 e. The lowest BCUT2D eigenvalue weighted by Gasteiger charge is -2.40. The Morgan fingerprint density at radius 3 is 1.77 bits per heavy atom. The molecular formula is C10H21N3. The van der Waals surface area contributed by atoms with Crippen LogP contribution >= 0.6 is 0 Å². The lowest BCUT2D eigenvalue weighted by atomic mass is 9.71. The van der Waals surface area contributed by atoms with Gasteiger partial charge in [-0.1, -0.05) is 32.9 Å². The van der Waals surface area contributed by atoms with Crippen LogP contribution in [0.1, 0.15) is 53.4 Å². The second-order valence-corrected chi connectivity index (χ2v) is 3.84. The quantitative estimate of drug-likeness (QED) is 0.714. The Kier molecular flexibility index (Phi) is 2.94. The molecule has 0 aromatic heterocycles. The van der Waals surface area contributed by atoms with Crippen LogP contribution in [-0.2, 0) is 0 Å². The van der Waals surface area contributed by atoms with E-state index in [1.165, 1.54) is 0 Å². The molecule has 76 valence electrons. The largest absolute Gasteiger partial charge is 0.283 e. The minimum absolute atomic E-state index is 0.0382. The van der Waals surface area contributed by atoms with Crippen molar-refractivity contribution in [1.82, 2.24) is 5.43 Å². The normalized spacial score (nSPS) is 23.1. The van der Waals surface area contributed by atoms with Gasteiger partial charge in [0.1, 0.15) is 5.54 Å². The van der Waals surface area contributed by atoms with Crippen molar-refractivity contribution in [1.29, 1.82) is 0 Å². The zero-order chi connectivity index (χ0) is 9.95. The van der Waals surface area contributed by atoms with Crippen molar-refractivity contribution < 1.29 is 0 Å². The summed E-state index contributed by atoms with van der Waals surface area (Å²) < 4.78 is 0. The van der Waals surface area contributed by atoms with Gasteiger partial charge in [-0.2, -0.15) is 5.11 Å². The molecule has 3 nitrogen and oxygen atoms in total. The molecule has 0 spiro atoms. The van der Waals surface area contributed by atoms with Gasteiger partial charge in [-0.3, -0.25) is 5.43 Å². The Morgan fingerprint density at radius 2 is 1.46 bits per heavy atom. The third-order valence-electron chi connectivity index (χ3n) is 3.77. The third kappa shape index (κ3) is 1.25. The molecule has 0 fully saturated rings. The SMILES string of the molecule is CCC1(CC)N=NNC1(CC)CC. The van der Waals surface area contributed by atoms with Gasteiger partial charge in [-0.05, 0) is 25.7 Å². The van der Waals surface area contributed by atoms with E-state index in [0.717, 1.165) is 25.7 Å². The highest BCUT2D eigenvalue weighted by molar-refractivity contribution is 5.09. The number of hydrogen-bond acceptors (Lipinski definition) is 3. The first kappa shape index (κ1) is 10.5. The van der Waals surface area contributed by atoms with E-state index in [0.29, 0.717) is 0 Å². The second-order valence-electron chi connectivity index (χ2n) is 3.84. The molecule has 0 saturated heterocycles. The molecule has 1 aliphatic heterocycles. The molecule has 1 heterocycles. The van der Waals surface area contributed by atoms with Crippen LogP contribution in [0.5, 0.6) is 0 Å². The summed E-state index contributed by atoms with van der Waals surface area (Å²) in [6.45, 7) is 8.84. The molecule has 1 N–H and O–H groups in total. The van der Waals surface area contributed by atoms with E-state index in [9.17, 15) is 0 Å². The van der Waals surface area contributed by atoms with Crippen molar-refractivity contribution in [3.05, 3.63) is 0 Å². The summed E-state index contributed by atoms with van der Waals surface area (Å²) in [5, 5.41) is 8.46. The van der Waals surface area contributed by atoms with Crippen molar-refractivity contribution in [2.75, 3.05) is 0 Å². The van der Waals surface area contributed by atoms with E-state index in [4.69, 9.17) is 0 Å². The fourth-order valence-corrected chi connectivity index (χ4v) is 2.55. The average Bonchev–Trinajstić information content (AvgIpc) is 2.57. The highest BCUT2D eigenvalue weighted by atomic mass is 15.5. The van der Waals surface area contributed by atoms with E-state index in [1.54, 1.807) is 0 Å². The maximum Gasteiger partial charge on any atom is 0.108 e. The first-order chi connectivity index (χ1) is 6.20. The van der Waals surface area contributed by atoms with Crippen LogP contribution in [0.2, 0.25) is 0 Å². The molecule has 0 radical (unpaired) electrons. The highest BCUT2D eigenvalue weighted by Crippen LogP contribution is 2.41. The molecule has 0 saturated carbocycles. The third-order valence-corrected chi connectivity index (χ3v) is 3.77. The summed E-state index contributed by atoms with van der Waals surface area (Å²) in [5.41, 5.74) is 3.37. The first-order valence-electron chi connectivity index (χ1n) is 5.39. The van der Waals surface area contributed by atoms with Crippen LogP contribution in [0.15, 0.2) is 10.3 Å². The van der Waals surface area contributed by atoms with Crippen molar-refractivity contribution in [2.24, 2.45) is 10.3 Å². The maximum atomic E-state index is 4.41. The zero-order valence-electron chi connectivity index (χ0n) is 9.22. The number of rotatable bonds is 4. The summed E-state index contributed by atoms with van der Waals surface area (Å²) >= 11 is 0. The maximum absolute atomic E-state index is 4.41. The van der Waals surface area contributed by atoms with E-state index < -0.39 is 0 Å². The van der Waals surface area contributed by atoms with Crippen molar-refractivity contribution in [2.45, 2.75) is 64.5 Å². The fourth-order valence-electron chi connectivity index (χ4n) is 2.55. The van der Waals surface area contributed by atoms with Crippen LogP contribution in [0.25, 0.3) is 0 Å². The van der Waals surface area contributed by atoms with Gasteiger partial charge < -0.3 is 0 Å². The van der Waals surface area contributed by atoms with Crippen molar-refractivity contribution in [3.63, 3.8) is 0 Å². The summed E-state index contributed by atoms with van der Waals surface area (Å²) in [5.74, 6) is 0. The van der Waals surface area contributed by atoms with Crippen LogP contribution in [0, 0.1) is 0 Å². The Morgan fingerprint density at radius 1 is 0.923 bits per heavy atom. The van der Waals surface area contributed by atoms with Gasteiger partial charge in [-0.25, -0.2) is 0 Å². The number of nitrogens with zero attached hydrogens (tertiary/aromatic N) is 2. The molecule has 0 unspecified atom stereocenters. The minimum atomic E-state index is 0.0382. The van der Waals surface area contributed by atoms with Gasteiger partial charge in [0, 0.05) is 0 Å². The smallest absolute Gasteiger partial charge is 0.108 e. The molecule has 1 rings (SSSR count). The summed E-state index contributed by atoms with van der Waals surface area (Å²) in [6.07, 6.45) is 4.33. The first-order valence-corrected chi connectivity index (χ1v) is 5.39. The highest BCUT2D eigenvalue weighted by Gasteiger charge is 2.50. The molecular weight excluding hydrogens is 162 g/mol. The average molecular weight is 183 g/mol. The molecule has 0 amide bonds. The predicted molar refractivity (Wildman–Crippen MR) is 54.6 cm³/mol. The Balaban J connectivity index is 2.98. The lowest BCUT2D eigenvalue weighted by molar-refractivity contribution is 0.184. The molecule has 0 atom stereocenters. The Bertz CT molecular complexity index is 190.